The van der Waals surface area contributed by atoms with E-state index < -0.39 is 35.8 Å². The third-order valence-corrected chi connectivity index (χ3v) is 7.76. The molecule has 0 unspecified atom stereocenters. The molecule has 0 atom stereocenters. The lowest BCUT2D eigenvalue weighted by Gasteiger charge is -2.20. The van der Waals surface area contributed by atoms with Gasteiger partial charge in [-0.15, -0.1) is 28.7 Å². The number of hydrogen-bond donors (Lipinski definition) is 3. The van der Waals surface area contributed by atoms with E-state index in [0.29, 0.717) is 18.5 Å². The van der Waals surface area contributed by atoms with Crippen LogP contribution in [-0.4, -0.2) is 45.3 Å². The van der Waals surface area contributed by atoms with E-state index in [-0.39, 0.29) is 69.6 Å². The number of rotatable bonds is 7. The number of aromatic nitrogens is 2. The highest BCUT2D eigenvalue weighted by atomic mass is 35.5. The van der Waals surface area contributed by atoms with Crippen molar-refractivity contribution in [3.05, 3.63) is 52.7 Å². The number of anilines is 4. The van der Waals surface area contributed by atoms with Crippen LogP contribution >= 0.6 is 43.6 Å². The second kappa shape index (κ2) is 12.1. The van der Waals surface area contributed by atoms with Gasteiger partial charge < -0.3 is 25.3 Å². The number of methoxy groups -OCH3 is 1. The summed E-state index contributed by atoms with van der Waals surface area (Å²) in [4.78, 5) is 7.73. The molecule has 0 amide bonds. The van der Waals surface area contributed by atoms with Gasteiger partial charge in [0.2, 0.25) is 5.95 Å². The molecule has 0 fully saturated rings. The number of hydrogen-bond acceptors (Lipinski definition) is 9. The maximum atomic E-state index is 13.6. The van der Waals surface area contributed by atoms with Crippen LogP contribution < -0.4 is 26.0 Å². The second-order valence-corrected chi connectivity index (χ2v) is 13.0. The summed E-state index contributed by atoms with van der Waals surface area (Å²) in [5.74, 6) is -0.169. The van der Waals surface area contributed by atoms with Crippen molar-refractivity contribution in [3.63, 3.8) is 0 Å². The Kier molecular flexibility index (Phi) is 7.86. The first-order valence-corrected chi connectivity index (χ1v) is 14.5. The summed E-state index contributed by atoms with van der Waals surface area (Å²) in [6, 6.07) is 6.06. The zero-order chi connectivity index (χ0) is 29.7. The molecule has 0 saturated carbocycles. The summed E-state index contributed by atoms with van der Waals surface area (Å²) < 4.78 is 93.6. The fourth-order valence-corrected chi connectivity index (χ4v) is 5.33. The van der Waals surface area contributed by atoms with Gasteiger partial charge in [-0.05, 0) is 67.8 Å². The largest absolute Gasteiger partial charge is 0.495 e. The van der Waals surface area contributed by atoms with Gasteiger partial charge in [0.15, 0.2) is 5.82 Å². The van der Waals surface area contributed by atoms with Gasteiger partial charge in [-0.1, -0.05) is 11.6 Å². The molecule has 202 valence electrons. The van der Waals surface area contributed by atoms with Crippen LogP contribution in [-0.2, 0) is 27.7 Å². The number of nitrogens with one attached hydrogen (secondary N) is 3. The van der Waals surface area contributed by atoms with Crippen molar-refractivity contribution in [2.24, 2.45) is 0 Å². The summed E-state index contributed by atoms with van der Waals surface area (Å²) in [6.07, 6.45) is 1.67. The molecule has 0 saturated heterocycles. The molecule has 0 spiro atoms. The van der Waals surface area contributed by atoms with Gasteiger partial charge in [-0.25, -0.2) is 4.98 Å². The topological polar surface area (TPSA) is 122 Å². The normalized spacial score (nSPS) is 16.7. The van der Waals surface area contributed by atoms with Crippen LogP contribution in [0.3, 0.4) is 0 Å². The fourth-order valence-electron chi connectivity index (χ4n) is 3.46. The fraction of sp³-hybridized carbons (Fsp3) is 0.273. The van der Waals surface area contributed by atoms with Gasteiger partial charge >= 0.3 is 10.2 Å². The van der Waals surface area contributed by atoms with Crippen molar-refractivity contribution in [2.45, 2.75) is 17.8 Å². The van der Waals surface area contributed by atoms with E-state index in [0.717, 1.165) is 12.1 Å². The average molecular weight is 618 g/mol. The van der Waals surface area contributed by atoms with Crippen LogP contribution in [0.15, 0.2) is 41.4 Å². The van der Waals surface area contributed by atoms with Crippen LogP contribution in [0.5, 0.6) is 5.75 Å². The smallest absolute Gasteiger partial charge is 0.332 e. The molecule has 2 aromatic carbocycles. The second-order valence-electron chi connectivity index (χ2n) is 8.02. The Bertz CT molecular complexity index is 1650. The number of halogens is 4. The Labute approximate surface area is 239 Å². The van der Waals surface area contributed by atoms with Crippen molar-refractivity contribution in [1.82, 2.24) is 15.3 Å². The third-order valence-electron chi connectivity index (χ3n) is 5.13. The van der Waals surface area contributed by atoms with E-state index >= 15 is 0 Å². The standard InChI is InChI=1S/C22H24ClFN5O4PS.2ClH/c1-33-19-9-13-6-7-25-11-14(13)8-18(19)28-22-26-12-16(23)21(29-22)27-17-5-4-15(35(24,31)32)10-20(17)34(2,3)30;;/h4-5,8-10,12,25H,6-7,11H2,1-3H3,(H2,26,27,28,29);2*1H/i1D3,11D2;;. The molecule has 37 heavy (non-hydrogen) atoms. The SMILES string of the molecule is Cl.Cl.[2H]C([2H])([2H])Oc1cc2c(cc1Nc1ncc(Cl)c(Nc3ccc(S(=O)(=O)F)cc3P(C)(C)=O)n1)C([2H])([2H])NCC2. The number of fused-ring (bicyclic) bond motifs is 1. The summed E-state index contributed by atoms with van der Waals surface area (Å²) in [6.45, 7) is 1.22. The first-order valence-electron chi connectivity index (χ1n) is 12.7. The summed E-state index contributed by atoms with van der Waals surface area (Å²) in [5, 5.41) is 8.51. The lowest BCUT2D eigenvalue weighted by atomic mass is 10.00. The van der Waals surface area contributed by atoms with Gasteiger partial charge in [-0.3, -0.25) is 0 Å². The highest BCUT2D eigenvalue weighted by molar-refractivity contribution is 7.86. The minimum Gasteiger partial charge on any atom is -0.495 e. The Morgan fingerprint density at radius 2 is 1.95 bits per heavy atom. The molecule has 0 radical (unpaired) electrons. The third kappa shape index (κ3) is 7.25. The summed E-state index contributed by atoms with van der Waals surface area (Å²) >= 11 is 6.27. The molecule has 1 aromatic heterocycles. The molecule has 4 rings (SSSR count). The molecule has 0 bridgehead atoms. The Hall–Kier alpha value is -2.14. The molecule has 0 aliphatic carbocycles. The molecular weight excluding hydrogens is 587 g/mol. The molecule has 15 heteroatoms. The van der Waals surface area contributed by atoms with Crippen LogP contribution in [0.1, 0.15) is 18.0 Å². The molecule has 3 aromatic rings. The number of ether oxygens (including phenoxy) is 1. The lowest BCUT2D eigenvalue weighted by Crippen LogP contribution is -2.23. The van der Waals surface area contributed by atoms with E-state index in [1.807, 2.05) is 0 Å². The van der Waals surface area contributed by atoms with Gasteiger partial charge in [0.1, 0.15) is 17.9 Å². The Balaban J connectivity index is 0.00000308. The first kappa shape index (κ1) is 23.9. The highest BCUT2D eigenvalue weighted by Crippen LogP contribution is 2.40. The van der Waals surface area contributed by atoms with E-state index in [1.165, 1.54) is 37.7 Å². The molecule has 3 N–H and O–H groups in total. The van der Waals surface area contributed by atoms with Crippen molar-refractivity contribution < 1.29 is 28.5 Å². The van der Waals surface area contributed by atoms with Gasteiger partial charge in [-0.2, -0.15) is 13.4 Å². The summed E-state index contributed by atoms with van der Waals surface area (Å²) in [5.41, 5.74) is 1.08. The van der Waals surface area contributed by atoms with Gasteiger partial charge in [0, 0.05) is 14.5 Å². The minimum absolute atomic E-state index is 0. The molecule has 1 aliphatic rings. The lowest BCUT2D eigenvalue weighted by molar-refractivity contribution is 0.415. The zero-order valence-electron chi connectivity index (χ0n) is 24.3. The van der Waals surface area contributed by atoms with E-state index in [9.17, 15) is 16.9 Å². The molecule has 9 nitrogen and oxygen atoms in total. The monoisotopic (exact) mass is 616 g/mol. The Morgan fingerprint density at radius 3 is 2.62 bits per heavy atom. The van der Waals surface area contributed by atoms with Crippen molar-refractivity contribution in [3.8, 4) is 5.75 Å². The van der Waals surface area contributed by atoms with Crippen molar-refractivity contribution >= 4 is 82.2 Å². The molecule has 1 aliphatic heterocycles. The maximum absolute atomic E-state index is 13.6. The van der Waals surface area contributed by atoms with Crippen LogP contribution in [0.25, 0.3) is 0 Å². The first-order chi connectivity index (χ1) is 18.3. The van der Waals surface area contributed by atoms with Crippen LogP contribution in [0, 0.1) is 0 Å². The van der Waals surface area contributed by atoms with Gasteiger partial charge in [0.25, 0.3) is 0 Å². The van der Waals surface area contributed by atoms with Crippen LogP contribution in [0.2, 0.25) is 5.02 Å². The quantitative estimate of drug-likeness (QED) is 0.248. The highest BCUT2D eigenvalue weighted by Gasteiger charge is 2.22. The Morgan fingerprint density at radius 1 is 1.19 bits per heavy atom. The zero-order valence-corrected chi connectivity index (χ0v) is 23.4. The predicted molar refractivity (Wildman–Crippen MR) is 150 cm³/mol. The van der Waals surface area contributed by atoms with E-state index in [4.69, 9.17) is 23.2 Å². The predicted octanol–water partition coefficient (Wildman–Crippen LogP) is 5.02. The van der Waals surface area contributed by atoms with E-state index in [2.05, 4.69) is 25.9 Å². The van der Waals surface area contributed by atoms with Gasteiger partial charge in [0.05, 0.1) is 33.6 Å². The molecule has 2 heterocycles. The average Bonchev–Trinajstić information content (AvgIpc) is 2.79. The maximum Gasteiger partial charge on any atom is 0.332 e. The minimum atomic E-state index is -5.05. The van der Waals surface area contributed by atoms with Crippen molar-refractivity contribution in [1.29, 1.82) is 0 Å². The molecular formula is C22H26Cl3FN5O4PS. The van der Waals surface area contributed by atoms with Crippen molar-refractivity contribution in [2.75, 3.05) is 37.5 Å². The van der Waals surface area contributed by atoms with Crippen LogP contribution in [0.4, 0.5) is 27.0 Å². The number of benzene rings is 2. The van der Waals surface area contributed by atoms with E-state index in [1.54, 1.807) is 0 Å². The number of nitrogens with zero attached hydrogens (tertiary/aromatic N) is 2. The summed E-state index contributed by atoms with van der Waals surface area (Å²) in [7, 11) is -11.0.